The Bertz CT molecular complexity index is 1130. The first-order valence-electron chi connectivity index (χ1n) is 9.77. The topological polar surface area (TPSA) is 145 Å². The minimum Gasteiger partial charge on any atom is -0.449 e. The number of rotatable bonds is 8. The normalized spacial score (nSPS) is 12.5. The molecule has 0 saturated carbocycles. The Hall–Kier alpha value is -3.18. The SMILES string of the molecule is CC(C)(C)NC(=O)OCC(Cc1cccc(Cl)c1)C(=O)NS(=O)(=O)c1ccc([N+](=O)[O-])cc1. The fourth-order valence-electron chi connectivity index (χ4n) is 2.72. The van der Waals surface area contributed by atoms with Crippen LogP contribution in [0.1, 0.15) is 26.3 Å². The Morgan fingerprint density at radius 1 is 1.15 bits per heavy atom. The van der Waals surface area contributed by atoms with E-state index in [1.807, 2.05) is 4.72 Å². The van der Waals surface area contributed by atoms with Crippen LogP contribution in [0.3, 0.4) is 0 Å². The Labute approximate surface area is 196 Å². The number of hydrogen-bond donors (Lipinski definition) is 2. The summed E-state index contributed by atoms with van der Waals surface area (Å²) in [6, 6.07) is 10.7. The summed E-state index contributed by atoms with van der Waals surface area (Å²) in [5, 5.41) is 13.8. The number of nitrogens with one attached hydrogen (secondary N) is 2. The average Bonchev–Trinajstić information content (AvgIpc) is 2.69. The van der Waals surface area contributed by atoms with Gasteiger partial charge in [0.2, 0.25) is 5.91 Å². The van der Waals surface area contributed by atoms with Gasteiger partial charge in [-0.1, -0.05) is 23.7 Å². The summed E-state index contributed by atoms with van der Waals surface area (Å²) in [5.41, 5.74) is -0.228. The second-order valence-electron chi connectivity index (χ2n) is 8.23. The van der Waals surface area contributed by atoms with Crippen molar-refractivity contribution in [2.75, 3.05) is 6.61 Å². The molecule has 1 atom stereocenters. The fourth-order valence-corrected chi connectivity index (χ4v) is 3.97. The Balaban J connectivity index is 2.20. The third-order valence-corrected chi connectivity index (χ3v) is 5.83. The summed E-state index contributed by atoms with van der Waals surface area (Å²) >= 11 is 5.99. The molecule has 0 aliphatic heterocycles. The van der Waals surface area contributed by atoms with Crippen LogP contribution in [0.4, 0.5) is 10.5 Å². The molecule has 2 amide bonds. The van der Waals surface area contributed by atoms with Crippen LogP contribution in [0, 0.1) is 16.0 Å². The summed E-state index contributed by atoms with van der Waals surface area (Å²) in [6.45, 7) is 4.86. The van der Waals surface area contributed by atoms with Crippen molar-refractivity contribution in [3.05, 3.63) is 69.2 Å². The highest BCUT2D eigenvalue weighted by molar-refractivity contribution is 7.90. The number of amides is 2. The van der Waals surface area contributed by atoms with Gasteiger partial charge in [-0.2, -0.15) is 0 Å². The monoisotopic (exact) mass is 497 g/mol. The minimum absolute atomic E-state index is 0.0466. The van der Waals surface area contributed by atoms with Gasteiger partial charge in [0.1, 0.15) is 6.61 Å². The van der Waals surface area contributed by atoms with Crippen molar-refractivity contribution in [3.8, 4) is 0 Å². The zero-order valence-corrected chi connectivity index (χ0v) is 19.8. The van der Waals surface area contributed by atoms with E-state index in [1.54, 1.807) is 45.0 Å². The van der Waals surface area contributed by atoms with Crippen molar-refractivity contribution in [1.29, 1.82) is 0 Å². The third kappa shape index (κ3) is 8.35. The van der Waals surface area contributed by atoms with E-state index in [1.165, 1.54) is 0 Å². The van der Waals surface area contributed by atoms with Crippen LogP contribution in [0.5, 0.6) is 0 Å². The van der Waals surface area contributed by atoms with Crippen LogP contribution in [-0.2, 0) is 26.0 Å². The third-order valence-electron chi connectivity index (χ3n) is 4.23. The number of halogens is 1. The second-order valence-corrected chi connectivity index (χ2v) is 10.3. The van der Waals surface area contributed by atoms with Gasteiger partial charge >= 0.3 is 6.09 Å². The summed E-state index contributed by atoms with van der Waals surface area (Å²) in [7, 11) is -4.32. The fraction of sp³-hybridized carbons (Fsp3) is 0.333. The zero-order chi connectivity index (χ0) is 24.8. The molecule has 0 radical (unpaired) electrons. The summed E-state index contributed by atoms with van der Waals surface area (Å²) in [6.07, 6.45) is -0.713. The van der Waals surface area contributed by atoms with Crippen LogP contribution in [0.2, 0.25) is 5.02 Å². The van der Waals surface area contributed by atoms with Crippen LogP contribution in [-0.4, -0.2) is 37.5 Å². The maximum Gasteiger partial charge on any atom is 0.407 e. The molecule has 178 valence electrons. The maximum atomic E-state index is 12.9. The molecule has 1 unspecified atom stereocenters. The van der Waals surface area contributed by atoms with E-state index in [0.717, 1.165) is 24.3 Å². The zero-order valence-electron chi connectivity index (χ0n) is 18.2. The van der Waals surface area contributed by atoms with E-state index in [4.69, 9.17) is 16.3 Å². The Morgan fingerprint density at radius 3 is 2.33 bits per heavy atom. The summed E-state index contributed by atoms with van der Waals surface area (Å²) < 4.78 is 32.3. The number of hydrogen-bond acceptors (Lipinski definition) is 7. The van der Waals surface area contributed by atoms with Gasteiger partial charge in [-0.25, -0.2) is 17.9 Å². The molecule has 0 saturated heterocycles. The van der Waals surface area contributed by atoms with Gasteiger partial charge in [-0.3, -0.25) is 14.9 Å². The summed E-state index contributed by atoms with van der Waals surface area (Å²) in [4.78, 5) is 34.7. The molecule has 12 heteroatoms. The van der Waals surface area contributed by atoms with Crippen molar-refractivity contribution < 1.29 is 27.7 Å². The predicted molar refractivity (Wildman–Crippen MR) is 121 cm³/mol. The molecule has 0 bridgehead atoms. The Morgan fingerprint density at radius 2 is 1.79 bits per heavy atom. The van der Waals surface area contributed by atoms with Gasteiger partial charge in [0, 0.05) is 22.7 Å². The molecule has 2 aromatic carbocycles. The molecule has 10 nitrogen and oxygen atoms in total. The van der Waals surface area contributed by atoms with Crippen LogP contribution >= 0.6 is 11.6 Å². The van der Waals surface area contributed by atoms with Crippen molar-refractivity contribution in [2.45, 2.75) is 37.6 Å². The number of sulfonamides is 1. The van der Waals surface area contributed by atoms with Gasteiger partial charge in [0.05, 0.1) is 15.7 Å². The minimum atomic E-state index is -4.32. The number of nitro groups is 1. The van der Waals surface area contributed by atoms with E-state index >= 15 is 0 Å². The van der Waals surface area contributed by atoms with E-state index < -0.39 is 45.0 Å². The van der Waals surface area contributed by atoms with Crippen molar-refractivity contribution in [2.24, 2.45) is 5.92 Å². The Kier molecular flexibility index (Phi) is 8.39. The number of alkyl carbamates (subject to hydrolysis) is 1. The van der Waals surface area contributed by atoms with Crippen molar-refractivity contribution in [3.63, 3.8) is 0 Å². The predicted octanol–water partition coefficient (Wildman–Crippen LogP) is 3.44. The number of benzene rings is 2. The first kappa shape index (κ1) is 26.1. The molecule has 0 fully saturated rings. The van der Waals surface area contributed by atoms with Crippen LogP contribution < -0.4 is 10.0 Å². The number of carbonyl (C=O) groups excluding carboxylic acids is 2. The van der Waals surface area contributed by atoms with Crippen LogP contribution in [0.25, 0.3) is 0 Å². The molecule has 0 spiro atoms. The average molecular weight is 498 g/mol. The highest BCUT2D eigenvalue weighted by atomic mass is 35.5. The molecular formula is C21H24ClN3O7S. The van der Waals surface area contributed by atoms with Gasteiger partial charge in [0.15, 0.2) is 0 Å². The largest absolute Gasteiger partial charge is 0.449 e. The van der Waals surface area contributed by atoms with Gasteiger partial charge < -0.3 is 10.1 Å². The highest BCUT2D eigenvalue weighted by Crippen LogP contribution is 2.18. The van der Waals surface area contributed by atoms with Crippen LogP contribution in [0.15, 0.2) is 53.4 Å². The number of nitro benzene ring substituents is 1. The first-order valence-corrected chi connectivity index (χ1v) is 11.6. The number of carbonyl (C=O) groups is 2. The molecule has 0 aliphatic rings. The van der Waals surface area contributed by atoms with E-state index in [9.17, 15) is 28.1 Å². The highest BCUT2D eigenvalue weighted by Gasteiger charge is 2.27. The number of non-ortho nitro benzene ring substituents is 1. The second kappa shape index (κ2) is 10.6. The van der Waals surface area contributed by atoms with E-state index in [0.29, 0.717) is 10.6 Å². The van der Waals surface area contributed by atoms with Gasteiger partial charge in [-0.15, -0.1) is 0 Å². The molecule has 2 aromatic rings. The molecule has 2 N–H and O–H groups in total. The first-order chi connectivity index (χ1) is 15.3. The van der Waals surface area contributed by atoms with Gasteiger partial charge in [-0.05, 0) is 57.0 Å². The van der Waals surface area contributed by atoms with E-state index in [2.05, 4.69) is 5.32 Å². The quantitative estimate of drug-likeness (QED) is 0.419. The number of ether oxygens (including phenoxy) is 1. The standard InChI is InChI=1S/C21H24ClN3O7S/c1-21(2,3)23-20(27)32-13-15(11-14-5-4-6-16(22)12-14)19(26)24-33(30,31)18-9-7-17(8-10-18)25(28)29/h4-10,12,15H,11,13H2,1-3H3,(H,23,27)(H,24,26). The lowest BCUT2D eigenvalue weighted by Gasteiger charge is -2.22. The maximum absolute atomic E-state index is 12.9. The van der Waals surface area contributed by atoms with Crippen molar-refractivity contribution >= 4 is 39.3 Å². The lowest BCUT2D eigenvalue weighted by molar-refractivity contribution is -0.384. The number of nitrogens with zero attached hydrogens (tertiary/aromatic N) is 1. The molecule has 0 aromatic heterocycles. The van der Waals surface area contributed by atoms with Gasteiger partial charge in [0.25, 0.3) is 15.7 Å². The molecule has 2 rings (SSSR count). The lowest BCUT2D eigenvalue weighted by Crippen LogP contribution is -2.43. The molecule has 0 heterocycles. The van der Waals surface area contributed by atoms with Crippen molar-refractivity contribution in [1.82, 2.24) is 10.0 Å². The molecule has 33 heavy (non-hydrogen) atoms. The molecule has 0 aliphatic carbocycles. The lowest BCUT2D eigenvalue weighted by atomic mass is 9.99. The van der Waals surface area contributed by atoms with E-state index in [-0.39, 0.29) is 17.0 Å². The molecular weight excluding hydrogens is 474 g/mol. The smallest absolute Gasteiger partial charge is 0.407 e. The summed E-state index contributed by atoms with van der Waals surface area (Å²) in [5.74, 6) is -1.96.